The molecule has 2 fully saturated rings. The molecule has 3 nitrogen and oxygen atoms in total. The minimum atomic E-state index is -2.49. The Kier molecular flexibility index (Phi) is 2.47. The summed E-state index contributed by atoms with van der Waals surface area (Å²) in [7, 11) is 1.58. The third-order valence-electron chi connectivity index (χ3n) is 4.06. The monoisotopic (exact) mass is 254 g/mol. The molecule has 0 aromatic carbocycles. The molecule has 2 heterocycles. The molecule has 5 heteroatoms. The predicted molar refractivity (Wildman–Crippen MR) is 64.2 cm³/mol. The zero-order valence-corrected chi connectivity index (χ0v) is 10.3. The number of halogens is 2. The Morgan fingerprint density at radius 1 is 1.44 bits per heavy atom. The van der Waals surface area contributed by atoms with Crippen LogP contribution in [-0.4, -0.2) is 31.1 Å². The number of hydrogen-bond acceptors (Lipinski definition) is 3. The molecule has 3 rings (SSSR count). The topological polar surface area (TPSA) is 25.4 Å². The van der Waals surface area contributed by atoms with Gasteiger partial charge in [-0.2, -0.15) is 0 Å². The molecule has 0 bridgehead atoms. The van der Waals surface area contributed by atoms with Crippen LogP contribution in [0.5, 0.6) is 5.75 Å². The molecule has 1 aromatic rings. The largest absolute Gasteiger partial charge is 0.493 e. The lowest BCUT2D eigenvalue weighted by atomic mass is 9.94. The summed E-state index contributed by atoms with van der Waals surface area (Å²) in [5, 5.41) is 0. The Balaban J connectivity index is 1.85. The van der Waals surface area contributed by atoms with Gasteiger partial charge in [-0.25, -0.2) is 13.8 Å². The molecular weight excluding hydrogens is 238 g/mol. The summed E-state index contributed by atoms with van der Waals surface area (Å²) in [6, 6.07) is 3.60. The molecule has 1 saturated heterocycles. The van der Waals surface area contributed by atoms with Gasteiger partial charge in [0.1, 0.15) is 0 Å². The highest BCUT2D eigenvalue weighted by Gasteiger charge is 2.71. The van der Waals surface area contributed by atoms with Crippen LogP contribution in [0.2, 0.25) is 0 Å². The first kappa shape index (κ1) is 11.7. The van der Waals surface area contributed by atoms with E-state index in [1.807, 2.05) is 11.0 Å². The van der Waals surface area contributed by atoms with Crippen molar-refractivity contribution in [2.75, 3.05) is 25.1 Å². The molecule has 1 aliphatic heterocycles. The highest BCUT2D eigenvalue weighted by atomic mass is 19.3. The van der Waals surface area contributed by atoms with Crippen molar-refractivity contribution < 1.29 is 13.5 Å². The van der Waals surface area contributed by atoms with Crippen molar-refractivity contribution in [2.24, 2.45) is 5.41 Å². The smallest absolute Gasteiger partial charge is 0.256 e. The van der Waals surface area contributed by atoms with Gasteiger partial charge in [0.05, 0.1) is 12.5 Å². The standard InChI is InChI=1S/C13H16F2N2O/c1-18-10-4-2-6-16-11(10)17-7-3-5-12(9-17)8-13(12,14)15/h2,4,6H,3,5,7-9H2,1H3. The van der Waals surface area contributed by atoms with Crippen LogP contribution >= 0.6 is 0 Å². The molecule has 0 N–H and O–H groups in total. The summed E-state index contributed by atoms with van der Waals surface area (Å²) >= 11 is 0. The fourth-order valence-corrected chi connectivity index (χ4v) is 2.92. The van der Waals surface area contributed by atoms with E-state index in [2.05, 4.69) is 4.98 Å². The number of methoxy groups -OCH3 is 1. The Hall–Kier alpha value is -1.39. The van der Waals surface area contributed by atoms with Gasteiger partial charge in [0.2, 0.25) is 0 Å². The van der Waals surface area contributed by atoms with Crippen molar-refractivity contribution in [3.63, 3.8) is 0 Å². The molecule has 1 saturated carbocycles. The van der Waals surface area contributed by atoms with E-state index in [9.17, 15) is 8.78 Å². The molecule has 2 aliphatic rings. The lowest BCUT2D eigenvalue weighted by Gasteiger charge is -2.34. The van der Waals surface area contributed by atoms with Gasteiger partial charge in [-0.1, -0.05) is 0 Å². The first-order chi connectivity index (χ1) is 8.58. The average Bonchev–Trinajstić information content (AvgIpc) is 2.89. The number of pyridine rings is 1. The summed E-state index contributed by atoms with van der Waals surface area (Å²) in [5.74, 6) is -1.16. The fourth-order valence-electron chi connectivity index (χ4n) is 2.92. The summed E-state index contributed by atoms with van der Waals surface area (Å²) in [5.41, 5.74) is -0.812. The van der Waals surface area contributed by atoms with Crippen LogP contribution in [0.15, 0.2) is 18.3 Å². The molecule has 1 aromatic heterocycles. The van der Waals surface area contributed by atoms with Crippen LogP contribution in [0.3, 0.4) is 0 Å². The second kappa shape index (κ2) is 3.80. The van der Waals surface area contributed by atoms with Gasteiger partial charge in [-0.3, -0.25) is 0 Å². The number of ether oxygens (including phenoxy) is 1. The van der Waals surface area contributed by atoms with E-state index in [1.54, 1.807) is 19.4 Å². The highest BCUT2D eigenvalue weighted by Crippen LogP contribution is 2.64. The van der Waals surface area contributed by atoms with Gasteiger partial charge in [0.15, 0.2) is 11.6 Å². The van der Waals surface area contributed by atoms with Crippen LogP contribution in [0.4, 0.5) is 14.6 Å². The van der Waals surface area contributed by atoms with Crippen LogP contribution in [0.25, 0.3) is 0 Å². The van der Waals surface area contributed by atoms with Crippen LogP contribution in [0.1, 0.15) is 19.3 Å². The second-order valence-electron chi connectivity index (χ2n) is 5.22. The van der Waals surface area contributed by atoms with E-state index < -0.39 is 11.3 Å². The third kappa shape index (κ3) is 1.64. The van der Waals surface area contributed by atoms with Gasteiger partial charge in [0, 0.05) is 25.7 Å². The van der Waals surface area contributed by atoms with Crippen molar-refractivity contribution in [3.05, 3.63) is 18.3 Å². The first-order valence-corrected chi connectivity index (χ1v) is 6.20. The number of alkyl halides is 2. The van der Waals surface area contributed by atoms with Crippen LogP contribution in [0, 0.1) is 5.41 Å². The zero-order chi connectivity index (χ0) is 12.8. The Morgan fingerprint density at radius 3 is 2.89 bits per heavy atom. The van der Waals surface area contributed by atoms with Crippen LogP contribution in [-0.2, 0) is 0 Å². The third-order valence-corrected chi connectivity index (χ3v) is 4.06. The Labute approximate surface area is 105 Å². The summed E-state index contributed by atoms with van der Waals surface area (Å²) in [6.07, 6.45) is 3.09. The number of anilines is 1. The average molecular weight is 254 g/mol. The minimum Gasteiger partial charge on any atom is -0.493 e. The maximum Gasteiger partial charge on any atom is 0.256 e. The second-order valence-corrected chi connectivity index (χ2v) is 5.22. The summed E-state index contributed by atoms with van der Waals surface area (Å²) in [4.78, 5) is 6.20. The predicted octanol–water partition coefficient (Wildman–Crippen LogP) is 2.72. The van der Waals surface area contributed by atoms with Gasteiger partial charge in [-0.15, -0.1) is 0 Å². The lowest BCUT2D eigenvalue weighted by molar-refractivity contribution is 0.0574. The van der Waals surface area contributed by atoms with E-state index in [1.165, 1.54) is 0 Å². The highest BCUT2D eigenvalue weighted by molar-refractivity contribution is 5.53. The lowest BCUT2D eigenvalue weighted by Crippen LogP contribution is -2.39. The zero-order valence-electron chi connectivity index (χ0n) is 10.3. The number of nitrogens with zero attached hydrogens (tertiary/aromatic N) is 2. The van der Waals surface area contributed by atoms with Crippen molar-refractivity contribution >= 4 is 5.82 Å². The van der Waals surface area contributed by atoms with Crippen molar-refractivity contribution in [2.45, 2.75) is 25.2 Å². The molecule has 1 atom stereocenters. The molecule has 0 radical (unpaired) electrons. The van der Waals surface area contributed by atoms with E-state index in [4.69, 9.17) is 4.74 Å². The number of rotatable bonds is 2. The van der Waals surface area contributed by atoms with Gasteiger partial charge in [0.25, 0.3) is 5.92 Å². The van der Waals surface area contributed by atoms with Crippen LogP contribution < -0.4 is 9.64 Å². The van der Waals surface area contributed by atoms with Crippen molar-refractivity contribution in [3.8, 4) is 5.75 Å². The van der Waals surface area contributed by atoms with Gasteiger partial charge in [-0.05, 0) is 25.0 Å². The normalized spacial score (nSPS) is 29.4. The number of piperidine rings is 1. The van der Waals surface area contributed by atoms with Gasteiger partial charge >= 0.3 is 0 Å². The van der Waals surface area contributed by atoms with Crippen molar-refractivity contribution in [1.29, 1.82) is 0 Å². The van der Waals surface area contributed by atoms with E-state index in [0.29, 0.717) is 24.5 Å². The Morgan fingerprint density at radius 2 is 2.22 bits per heavy atom. The summed E-state index contributed by atoms with van der Waals surface area (Å²) in [6.45, 7) is 1.15. The SMILES string of the molecule is COc1cccnc1N1CCCC2(C1)CC2(F)F. The molecule has 1 aliphatic carbocycles. The number of hydrogen-bond donors (Lipinski definition) is 0. The number of aromatic nitrogens is 1. The molecule has 98 valence electrons. The first-order valence-electron chi connectivity index (χ1n) is 6.20. The maximum absolute atomic E-state index is 13.5. The minimum absolute atomic E-state index is 0.0195. The quantitative estimate of drug-likeness (QED) is 0.811. The fraction of sp³-hybridized carbons (Fsp3) is 0.615. The maximum atomic E-state index is 13.5. The molecular formula is C13H16F2N2O. The van der Waals surface area contributed by atoms with E-state index in [-0.39, 0.29) is 6.42 Å². The molecule has 0 amide bonds. The van der Waals surface area contributed by atoms with E-state index in [0.717, 1.165) is 13.0 Å². The molecule has 1 spiro atoms. The van der Waals surface area contributed by atoms with Crippen molar-refractivity contribution in [1.82, 2.24) is 4.98 Å². The Bertz CT molecular complexity index is 466. The molecule has 1 unspecified atom stereocenters. The molecule has 18 heavy (non-hydrogen) atoms. The summed E-state index contributed by atoms with van der Waals surface area (Å²) < 4.78 is 32.2. The van der Waals surface area contributed by atoms with Gasteiger partial charge < -0.3 is 9.64 Å². The van der Waals surface area contributed by atoms with E-state index >= 15 is 0 Å².